The van der Waals surface area contributed by atoms with Crippen LogP contribution in [0, 0.1) is 6.92 Å². The van der Waals surface area contributed by atoms with Gasteiger partial charge in [0.05, 0.1) is 5.56 Å². The number of benzene rings is 1. The molecule has 3 N–H and O–H groups in total. The summed E-state index contributed by atoms with van der Waals surface area (Å²) in [4.78, 5) is 16.0. The molecule has 1 aromatic carbocycles. The van der Waals surface area contributed by atoms with Crippen molar-refractivity contribution in [3.05, 3.63) is 59.4 Å². The molecule has 2 aromatic rings. The molecule has 18 heavy (non-hydrogen) atoms. The van der Waals surface area contributed by atoms with Gasteiger partial charge in [0.2, 0.25) is 0 Å². The summed E-state index contributed by atoms with van der Waals surface area (Å²) in [5.41, 5.74) is 8.79. The highest BCUT2D eigenvalue weighted by Gasteiger charge is 2.06. The Hall–Kier alpha value is -2.20. The highest BCUT2D eigenvalue weighted by molar-refractivity contribution is 6.04. The van der Waals surface area contributed by atoms with E-state index in [1.165, 1.54) is 0 Å². The fraction of sp³-hybridized carbons (Fsp3) is 0.143. The molecule has 0 radical (unpaired) electrons. The van der Waals surface area contributed by atoms with Crippen molar-refractivity contribution in [2.45, 2.75) is 13.5 Å². The number of nitrogens with two attached hydrogens (primary N) is 1. The minimum Gasteiger partial charge on any atom is -0.326 e. The lowest BCUT2D eigenvalue weighted by Crippen LogP contribution is -2.12. The second-order valence-electron chi connectivity index (χ2n) is 4.11. The van der Waals surface area contributed by atoms with Gasteiger partial charge in [0, 0.05) is 24.6 Å². The lowest BCUT2D eigenvalue weighted by molar-refractivity contribution is 0.102. The number of rotatable bonds is 3. The molecule has 0 aliphatic heterocycles. The summed E-state index contributed by atoms with van der Waals surface area (Å²) in [5.74, 6) is -0.166. The van der Waals surface area contributed by atoms with E-state index in [1.54, 1.807) is 18.5 Å². The Morgan fingerprint density at radius 2 is 2.17 bits per heavy atom. The number of nitrogens with zero attached hydrogens (tertiary/aromatic N) is 1. The lowest BCUT2D eigenvalue weighted by atomic mass is 10.2. The summed E-state index contributed by atoms with van der Waals surface area (Å²) in [5, 5.41) is 2.83. The maximum Gasteiger partial charge on any atom is 0.257 e. The van der Waals surface area contributed by atoms with E-state index in [0.717, 1.165) is 16.8 Å². The Balaban J connectivity index is 2.16. The molecule has 1 amide bonds. The summed E-state index contributed by atoms with van der Waals surface area (Å²) < 4.78 is 0. The third kappa shape index (κ3) is 2.93. The van der Waals surface area contributed by atoms with Crippen molar-refractivity contribution in [2.75, 3.05) is 5.32 Å². The molecule has 4 heteroatoms. The van der Waals surface area contributed by atoms with Crippen LogP contribution in [0.2, 0.25) is 0 Å². The molecule has 0 aliphatic carbocycles. The normalized spacial score (nSPS) is 10.1. The molecule has 0 bridgehead atoms. The molecule has 0 spiro atoms. The van der Waals surface area contributed by atoms with Gasteiger partial charge in [0.15, 0.2) is 0 Å². The van der Waals surface area contributed by atoms with Gasteiger partial charge in [0.25, 0.3) is 5.91 Å². The summed E-state index contributed by atoms with van der Waals surface area (Å²) in [6.07, 6.45) is 3.26. The van der Waals surface area contributed by atoms with Gasteiger partial charge < -0.3 is 11.1 Å². The first kappa shape index (κ1) is 12.3. The Labute approximate surface area is 106 Å². The van der Waals surface area contributed by atoms with Crippen molar-refractivity contribution in [3.8, 4) is 0 Å². The van der Waals surface area contributed by atoms with Gasteiger partial charge in [0.1, 0.15) is 0 Å². The number of aryl methyl sites for hydroxylation is 1. The van der Waals surface area contributed by atoms with Gasteiger partial charge in [-0.25, -0.2) is 0 Å². The fourth-order valence-corrected chi connectivity index (χ4v) is 1.66. The van der Waals surface area contributed by atoms with Gasteiger partial charge in [-0.3, -0.25) is 9.78 Å². The Kier molecular flexibility index (Phi) is 3.69. The number of aromatic nitrogens is 1. The zero-order valence-electron chi connectivity index (χ0n) is 10.2. The van der Waals surface area contributed by atoms with Crippen LogP contribution in [0.1, 0.15) is 21.5 Å². The van der Waals surface area contributed by atoms with Crippen molar-refractivity contribution in [2.24, 2.45) is 5.73 Å². The SMILES string of the molecule is Cc1cncc(C(=O)Nc2cccc(CN)c2)c1. The minimum absolute atomic E-state index is 0.166. The second-order valence-corrected chi connectivity index (χ2v) is 4.11. The number of anilines is 1. The van der Waals surface area contributed by atoms with E-state index >= 15 is 0 Å². The highest BCUT2D eigenvalue weighted by Crippen LogP contribution is 2.12. The van der Waals surface area contributed by atoms with Gasteiger partial charge >= 0.3 is 0 Å². The predicted octanol–water partition coefficient (Wildman–Crippen LogP) is 2.10. The number of hydrogen-bond acceptors (Lipinski definition) is 3. The van der Waals surface area contributed by atoms with E-state index in [0.29, 0.717) is 12.1 Å². The number of pyridine rings is 1. The van der Waals surface area contributed by atoms with E-state index < -0.39 is 0 Å². The molecule has 0 saturated carbocycles. The van der Waals surface area contributed by atoms with E-state index in [9.17, 15) is 4.79 Å². The minimum atomic E-state index is -0.166. The summed E-state index contributed by atoms with van der Waals surface area (Å²) in [6, 6.07) is 9.28. The average molecular weight is 241 g/mol. The van der Waals surface area contributed by atoms with E-state index in [-0.39, 0.29) is 5.91 Å². The molecule has 92 valence electrons. The molecule has 1 heterocycles. The first-order chi connectivity index (χ1) is 8.69. The molecule has 0 aliphatic rings. The largest absolute Gasteiger partial charge is 0.326 e. The maximum atomic E-state index is 12.0. The third-order valence-electron chi connectivity index (χ3n) is 2.56. The molecule has 1 aromatic heterocycles. The molecule has 0 saturated heterocycles. The molecule has 0 unspecified atom stereocenters. The molecule has 0 atom stereocenters. The van der Waals surface area contributed by atoms with Crippen LogP contribution in [0.3, 0.4) is 0 Å². The summed E-state index contributed by atoms with van der Waals surface area (Å²) in [7, 11) is 0. The second kappa shape index (κ2) is 5.42. The maximum absolute atomic E-state index is 12.0. The summed E-state index contributed by atoms with van der Waals surface area (Å²) in [6.45, 7) is 2.36. The van der Waals surface area contributed by atoms with E-state index in [1.807, 2.05) is 31.2 Å². The number of carbonyl (C=O) groups is 1. The van der Waals surface area contributed by atoms with Crippen LogP contribution in [0.5, 0.6) is 0 Å². The monoisotopic (exact) mass is 241 g/mol. The molecular weight excluding hydrogens is 226 g/mol. The van der Waals surface area contributed by atoms with Crippen molar-refractivity contribution in [1.29, 1.82) is 0 Å². The fourth-order valence-electron chi connectivity index (χ4n) is 1.66. The van der Waals surface area contributed by atoms with E-state index in [2.05, 4.69) is 10.3 Å². The van der Waals surface area contributed by atoms with Crippen molar-refractivity contribution in [1.82, 2.24) is 4.98 Å². The molecular formula is C14H15N3O. The predicted molar refractivity (Wildman–Crippen MR) is 71.3 cm³/mol. The van der Waals surface area contributed by atoms with Crippen molar-refractivity contribution in [3.63, 3.8) is 0 Å². The number of nitrogens with one attached hydrogen (secondary N) is 1. The smallest absolute Gasteiger partial charge is 0.257 e. The Morgan fingerprint density at radius 1 is 1.33 bits per heavy atom. The Bertz CT molecular complexity index is 566. The third-order valence-corrected chi connectivity index (χ3v) is 2.56. The van der Waals surface area contributed by atoms with Crippen LogP contribution < -0.4 is 11.1 Å². The zero-order valence-corrected chi connectivity index (χ0v) is 10.2. The zero-order chi connectivity index (χ0) is 13.0. The molecule has 0 fully saturated rings. The summed E-state index contributed by atoms with van der Waals surface area (Å²) >= 11 is 0. The topological polar surface area (TPSA) is 68.0 Å². The van der Waals surface area contributed by atoms with Crippen LogP contribution in [0.25, 0.3) is 0 Å². The quantitative estimate of drug-likeness (QED) is 0.864. The Morgan fingerprint density at radius 3 is 2.89 bits per heavy atom. The molecule has 2 rings (SSSR count). The van der Waals surface area contributed by atoms with Crippen LogP contribution in [-0.4, -0.2) is 10.9 Å². The van der Waals surface area contributed by atoms with Crippen molar-refractivity contribution < 1.29 is 4.79 Å². The molecule has 4 nitrogen and oxygen atoms in total. The van der Waals surface area contributed by atoms with Crippen LogP contribution in [-0.2, 0) is 6.54 Å². The first-order valence-electron chi connectivity index (χ1n) is 5.71. The average Bonchev–Trinajstić information content (AvgIpc) is 2.39. The van der Waals surface area contributed by atoms with Crippen LogP contribution >= 0.6 is 0 Å². The number of carbonyl (C=O) groups excluding carboxylic acids is 1. The van der Waals surface area contributed by atoms with Gasteiger partial charge in [-0.2, -0.15) is 0 Å². The van der Waals surface area contributed by atoms with Crippen LogP contribution in [0.4, 0.5) is 5.69 Å². The number of amides is 1. The first-order valence-corrected chi connectivity index (χ1v) is 5.71. The standard InChI is InChI=1S/C14H15N3O/c1-10-5-12(9-16-8-10)14(18)17-13-4-2-3-11(6-13)7-15/h2-6,8-9H,7,15H2,1H3,(H,17,18). The van der Waals surface area contributed by atoms with E-state index in [4.69, 9.17) is 5.73 Å². The number of hydrogen-bond donors (Lipinski definition) is 2. The van der Waals surface area contributed by atoms with Gasteiger partial charge in [-0.15, -0.1) is 0 Å². The van der Waals surface area contributed by atoms with Gasteiger partial charge in [-0.1, -0.05) is 12.1 Å². The lowest BCUT2D eigenvalue weighted by Gasteiger charge is -2.06. The van der Waals surface area contributed by atoms with Crippen molar-refractivity contribution >= 4 is 11.6 Å². The van der Waals surface area contributed by atoms with Crippen LogP contribution in [0.15, 0.2) is 42.7 Å². The highest BCUT2D eigenvalue weighted by atomic mass is 16.1. The van der Waals surface area contributed by atoms with Gasteiger partial charge in [-0.05, 0) is 36.2 Å².